The Labute approximate surface area is 132 Å². The van der Waals surface area contributed by atoms with Crippen LogP contribution in [0.25, 0.3) is 0 Å². The smallest absolute Gasteiger partial charge is 0.411 e. The first-order valence-electron chi connectivity index (χ1n) is 6.52. The fourth-order valence-corrected chi connectivity index (χ4v) is 2.42. The van der Waals surface area contributed by atoms with Gasteiger partial charge in [-0.2, -0.15) is 8.42 Å². The highest BCUT2D eigenvalue weighted by Crippen LogP contribution is 2.18. The maximum absolute atomic E-state index is 13.4. The minimum atomic E-state index is -4.88. The fraction of sp³-hybridized carbons (Fsp3) is 0.133. The van der Waals surface area contributed by atoms with Gasteiger partial charge in [0, 0.05) is 11.3 Å². The lowest BCUT2D eigenvalue weighted by molar-refractivity contribution is 0.155. The van der Waals surface area contributed by atoms with E-state index in [1.54, 1.807) is 24.3 Å². The average molecular weight is 341 g/mol. The Morgan fingerprint density at radius 2 is 1.83 bits per heavy atom. The molecule has 8 heteroatoms. The molecule has 0 unspecified atom stereocenters. The molecular formula is C15H13F2NO4S. The van der Waals surface area contributed by atoms with Crippen molar-refractivity contribution in [1.29, 1.82) is 0 Å². The van der Waals surface area contributed by atoms with Gasteiger partial charge in [-0.05, 0) is 23.8 Å². The third-order valence-corrected chi connectivity index (χ3v) is 3.49. The largest absolute Gasteiger partial charge is 0.444 e. The number of carbonyl (C=O) groups is 1. The first kappa shape index (κ1) is 16.9. The molecule has 1 amide bonds. The molecule has 5 nitrogen and oxygen atoms in total. The van der Waals surface area contributed by atoms with Crippen LogP contribution >= 0.6 is 0 Å². The number of carbonyl (C=O) groups excluding carboxylic acids is 1. The van der Waals surface area contributed by atoms with Crippen molar-refractivity contribution >= 4 is 22.0 Å². The zero-order chi connectivity index (χ0) is 16.9. The standard InChI is InChI=1S/C15H13F2NO4S/c16-14-7-6-13(8-12(14)10-23(17,20)21)18-15(19)22-9-11-4-2-1-3-5-11/h1-8H,9-10H2,(H,18,19). The van der Waals surface area contributed by atoms with Crippen LogP contribution in [-0.2, 0) is 27.3 Å². The Hall–Kier alpha value is -2.48. The van der Waals surface area contributed by atoms with Crippen molar-refractivity contribution in [3.8, 4) is 0 Å². The molecule has 2 aromatic rings. The Bertz CT molecular complexity index is 794. The first-order chi connectivity index (χ1) is 10.8. The van der Waals surface area contributed by atoms with Gasteiger partial charge in [-0.15, -0.1) is 3.89 Å². The van der Waals surface area contributed by atoms with E-state index in [-0.39, 0.29) is 17.9 Å². The van der Waals surface area contributed by atoms with E-state index in [2.05, 4.69) is 5.32 Å². The molecule has 0 saturated heterocycles. The number of rotatable bonds is 5. The van der Waals surface area contributed by atoms with Gasteiger partial charge in [-0.1, -0.05) is 30.3 Å². The summed E-state index contributed by atoms with van der Waals surface area (Å²) in [5, 5.41) is 2.32. The van der Waals surface area contributed by atoms with E-state index in [1.807, 2.05) is 6.07 Å². The van der Waals surface area contributed by atoms with Crippen LogP contribution in [0.4, 0.5) is 18.8 Å². The van der Waals surface area contributed by atoms with Gasteiger partial charge < -0.3 is 4.74 Å². The normalized spacial score (nSPS) is 11.0. The van der Waals surface area contributed by atoms with Crippen LogP contribution in [0.15, 0.2) is 48.5 Å². The van der Waals surface area contributed by atoms with Crippen LogP contribution in [0, 0.1) is 5.82 Å². The second-order valence-corrected chi connectivity index (χ2v) is 6.04. The zero-order valence-electron chi connectivity index (χ0n) is 11.8. The van der Waals surface area contributed by atoms with E-state index in [0.29, 0.717) is 0 Å². The van der Waals surface area contributed by atoms with Gasteiger partial charge in [0.15, 0.2) is 0 Å². The summed E-state index contributed by atoms with van der Waals surface area (Å²) in [6, 6.07) is 12.1. The molecule has 0 radical (unpaired) electrons. The molecule has 0 aliphatic carbocycles. The highest BCUT2D eigenvalue weighted by Gasteiger charge is 2.14. The van der Waals surface area contributed by atoms with Crippen molar-refractivity contribution in [3.05, 3.63) is 65.5 Å². The van der Waals surface area contributed by atoms with E-state index in [1.165, 1.54) is 6.07 Å². The predicted molar refractivity (Wildman–Crippen MR) is 80.4 cm³/mol. The Kier molecular flexibility index (Phi) is 5.28. The van der Waals surface area contributed by atoms with Crippen LogP contribution < -0.4 is 5.32 Å². The highest BCUT2D eigenvalue weighted by atomic mass is 32.3. The molecule has 0 aliphatic heterocycles. The second kappa shape index (κ2) is 7.19. The summed E-state index contributed by atoms with van der Waals surface area (Å²) in [5.74, 6) is -1.98. The van der Waals surface area contributed by atoms with Crippen molar-refractivity contribution in [2.75, 3.05) is 5.32 Å². The van der Waals surface area contributed by atoms with Gasteiger partial charge in [0.2, 0.25) is 0 Å². The number of hydrogen-bond acceptors (Lipinski definition) is 4. The number of anilines is 1. The molecule has 0 saturated carbocycles. The SMILES string of the molecule is O=C(Nc1ccc(F)c(CS(=O)(=O)F)c1)OCc1ccccc1. The number of ether oxygens (including phenoxy) is 1. The molecule has 0 spiro atoms. The van der Waals surface area contributed by atoms with Crippen molar-refractivity contribution in [3.63, 3.8) is 0 Å². The third kappa shape index (κ3) is 5.67. The lowest BCUT2D eigenvalue weighted by Crippen LogP contribution is -2.14. The van der Waals surface area contributed by atoms with Crippen molar-refractivity contribution in [2.45, 2.75) is 12.4 Å². The Morgan fingerprint density at radius 3 is 2.48 bits per heavy atom. The Balaban J connectivity index is 1.99. The summed E-state index contributed by atoms with van der Waals surface area (Å²) in [7, 11) is -4.88. The quantitative estimate of drug-likeness (QED) is 0.846. The minimum Gasteiger partial charge on any atom is -0.444 e. The minimum absolute atomic E-state index is 0.0413. The molecule has 2 aromatic carbocycles. The van der Waals surface area contributed by atoms with Crippen molar-refractivity contribution in [1.82, 2.24) is 0 Å². The van der Waals surface area contributed by atoms with E-state index in [0.717, 1.165) is 17.7 Å². The summed E-state index contributed by atoms with van der Waals surface area (Å²) in [5.41, 5.74) is 0.502. The van der Waals surface area contributed by atoms with Crippen molar-refractivity contribution < 1.29 is 26.2 Å². The van der Waals surface area contributed by atoms with Gasteiger partial charge in [0.05, 0.1) is 0 Å². The fourth-order valence-electron chi connectivity index (χ4n) is 1.83. The number of halogens is 2. The van der Waals surface area contributed by atoms with Gasteiger partial charge in [-0.3, -0.25) is 5.32 Å². The maximum atomic E-state index is 13.4. The Morgan fingerprint density at radius 1 is 1.13 bits per heavy atom. The number of hydrogen-bond donors (Lipinski definition) is 1. The number of nitrogens with one attached hydrogen (secondary N) is 1. The lowest BCUT2D eigenvalue weighted by atomic mass is 10.2. The summed E-state index contributed by atoms with van der Waals surface area (Å²) in [4.78, 5) is 11.6. The summed E-state index contributed by atoms with van der Waals surface area (Å²) in [6.07, 6.45) is -0.797. The summed E-state index contributed by atoms with van der Waals surface area (Å²) < 4.78 is 52.3. The van der Waals surface area contributed by atoms with E-state index in [4.69, 9.17) is 4.74 Å². The van der Waals surface area contributed by atoms with Crippen molar-refractivity contribution in [2.24, 2.45) is 0 Å². The van der Waals surface area contributed by atoms with E-state index < -0.39 is 27.9 Å². The number of benzene rings is 2. The van der Waals surface area contributed by atoms with Crippen LogP contribution in [0.2, 0.25) is 0 Å². The van der Waals surface area contributed by atoms with Gasteiger partial charge in [0.1, 0.15) is 18.2 Å². The molecular weight excluding hydrogens is 328 g/mol. The van der Waals surface area contributed by atoms with Crippen LogP contribution in [0.5, 0.6) is 0 Å². The zero-order valence-corrected chi connectivity index (χ0v) is 12.6. The number of amides is 1. The molecule has 0 fully saturated rings. The van der Waals surface area contributed by atoms with E-state index >= 15 is 0 Å². The molecule has 23 heavy (non-hydrogen) atoms. The molecule has 2 rings (SSSR count). The predicted octanol–water partition coefficient (Wildman–Crippen LogP) is 3.37. The van der Waals surface area contributed by atoms with Crippen LogP contribution in [-0.4, -0.2) is 14.5 Å². The molecule has 1 N–H and O–H groups in total. The summed E-state index contributed by atoms with van der Waals surface area (Å²) >= 11 is 0. The van der Waals surface area contributed by atoms with Gasteiger partial charge in [-0.25, -0.2) is 9.18 Å². The summed E-state index contributed by atoms with van der Waals surface area (Å²) in [6.45, 7) is 0.0413. The highest BCUT2D eigenvalue weighted by molar-refractivity contribution is 7.85. The molecule has 0 aliphatic rings. The second-order valence-electron chi connectivity index (χ2n) is 4.68. The topological polar surface area (TPSA) is 72.5 Å². The van der Waals surface area contributed by atoms with Gasteiger partial charge in [0.25, 0.3) is 0 Å². The molecule has 0 bridgehead atoms. The third-order valence-electron chi connectivity index (χ3n) is 2.83. The molecule has 0 atom stereocenters. The molecule has 0 aromatic heterocycles. The average Bonchev–Trinajstić information content (AvgIpc) is 2.48. The lowest BCUT2D eigenvalue weighted by Gasteiger charge is -2.08. The van der Waals surface area contributed by atoms with Crippen LogP contribution in [0.1, 0.15) is 11.1 Å². The van der Waals surface area contributed by atoms with Crippen LogP contribution in [0.3, 0.4) is 0 Å². The maximum Gasteiger partial charge on any atom is 0.411 e. The molecule has 122 valence electrons. The van der Waals surface area contributed by atoms with E-state index in [9.17, 15) is 21.5 Å². The first-order valence-corrected chi connectivity index (χ1v) is 8.07. The molecule has 0 heterocycles. The monoisotopic (exact) mass is 341 g/mol. The van der Waals surface area contributed by atoms with Gasteiger partial charge >= 0.3 is 16.3 Å².